The van der Waals surface area contributed by atoms with E-state index >= 15 is 0 Å². The van der Waals surface area contributed by atoms with Crippen molar-refractivity contribution in [2.45, 2.75) is 25.1 Å². The number of carbonyl (C=O) groups is 2. The third kappa shape index (κ3) is 3.60. The summed E-state index contributed by atoms with van der Waals surface area (Å²) in [6.45, 7) is 1.45. The van der Waals surface area contributed by atoms with Gasteiger partial charge in [-0.2, -0.15) is 13.2 Å². The summed E-state index contributed by atoms with van der Waals surface area (Å²) >= 11 is 0. The molecule has 148 valence electrons. The molecular formula is C19H16F3NO5. The fraction of sp³-hybridized carbons (Fsp3) is 0.263. The largest absolute Gasteiger partial charge is 0.497 e. The summed E-state index contributed by atoms with van der Waals surface area (Å²) in [4.78, 5) is 23.7. The van der Waals surface area contributed by atoms with Crippen LogP contribution in [-0.2, 0) is 17.4 Å². The van der Waals surface area contributed by atoms with Crippen molar-refractivity contribution in [1.29, 1.82) is 0 Å². The maximum atomic E-state index is 13.2. The lowest BCUT2D eigenvalue weighted by Crippen LogP contribution is -2.50. The summed E-state index contributed by atoms with van der Waals surface area (Å²) in [5.41, 5.74) is -3.20. The van der Waals surface area contributed by atoms with Crippen LogP contribution in [0, 0.1) is 0 Å². The van der Waals surface area contributed by atoms with Crippen LogP contribution in [0.1, 0.15) is 28.4 Å². The second kappa shape index (κ2) is 6.74. The number of nitrogens with one attached hydrogen (secondary N) is 1. The zero-order valence-corrected chi connectivity index (χ0v) is 14.9. The summed E-state index contributed by atoms with van der Waals surface area (Å²) in [6.07, 6.45) is -4.80. The first-order chi connectivity index (χ1) is 13.0. The van der Waals surface area contributed by atoms with Gasteiger partial charge < -0.3 is 19.9 Å². The molecule has 0 radical (unpaired) electrons. The highest BCUT2D eigenvalue weighted by Crippen LogP contribution is 2.42. The predicted octanol–water partition coefficient (Wildman–Crippen LogP) is 3.74. The number of carbonyl (C=O) groups excluding carboxylic acids is 1. The first-order valence-corrected chi connectivity index (χ1v) is 8.15. The third-order valence-corrected chi connectivity index (χ3v) is 4.42. The first-order valence-electron chi connectivity index (χ1n) is 8.15. The lowest BCUT2D eigenvalue weighted by Gasteiger charge is -2.35. The molecule has 9 heteroatoms. The van der Waals surface area contributed by atoms with Gasteiger partial charge >= 0.3 is 12.1 Å². The van der Waals surface area contributed by atoms with Gasteiger partial charge in [0.15, 0.2) is 5.60 Å². The molecule has 28 heavy (non-hydrogen) atoms. The number of carboxylic acids is 1. The molecule has 2 aromatic carbocycles. The summed E-state index contributed by atoms with van der Waals surface area (Å²) in [7, 11) is 1.51. The van der Waals surface area contributed by atoms with Crippen molar-refractivity contribution in [2.75, 3.05) is 12.4 Å². The minimum absolute atomic E-state index is 0.0876. The third-order valence-electron chi connectivity index (χ3n) is 4.42. The average Bonchev–Trinajstić information content (AvgIpc) is 2.61. The fourth-order valence-corrected chi connectivity index (χ4v) is 2.97. The van der Waals surface area contributed by atoms with Crippen molar-refractivity contribution >= 4 is 17.6 Å². The number of halogens is 3. The van der Waals surface area contributed by atoms with Gasteiger partial charge in [0.25, 0.3) is 5.91 Å². The lowest BCUT2D eigenvalue weighted by molar-refractivity contribution is -0.138. The number of ether oxygens (including phenoxy) is 2. The number of hydrogen-bond donors (Lipinski definition) is 2. The lowest BCUT2D eigenvalue weighted by atomic mass is 9.93. The Balaban J connectivity index is 1.98. The van der Waals surface area contributed by atoms with Crippen LogP contribution in [-0.4, -0.2) is 29.7 Å². The molecule has 3 rings (SSSR count). The van der Waals surface area contributed by atoms with Crippen molar-refractivity contribution in [3.05, 3.63) is 53.1 Å². The van der Waals surface area contributed by atoms with Crippen molar-refractivity contribution in [3.8, 4) is 11.5 Å². The Morgan fingerprint density at radius 1 is 1.25 bits per heavy atom. The molecule has 1 aliphatic rings. The molecule has 2 aromatic rings. The second-order valence-corrected chi connectivity index (χ2v) is 6.51. The quantitative estimate of drug-likeness (QED) is 0.824. The van der Waals surface area contributed by atoms with Crippen LogP contribution < -0.4 is 14.8 Å². The maximum Gasteiger partial charge on any atom is 0.417 e. The van der Waals surface area contributed by atoms with Crippen molar-refractivity contribution in [3.63, 3.8) is 0 Å². The molecule has 6 nitrogen and oxygen atoms in total. The first kappa shape index (κ1) is 19.5. The number of aromatic carboxylic acids is 1. The van der Waals surface area contributed by atoms with E-state index in [-0.39, 0.29) is 17.9 Å². The van der Waals surface area contributed by atoms with Gasteiger partial charge in [-0.1, -0.05) is 12.1 Å². The Hall–Kier alpha value is -3.23. The van der Waals surface area contributed by atoms with E-state index in [0.29, 0.717) is 17.4 Å². The van der Waals surface area contributed by atoms with Gasteiger partial charge in [0, 0.05) is 6.42 Å². The minimum atomic E-state index is -4.89. The Bertz CT molecular complexity index is 940. The van der Waals surface area contributed by atoms with Crippen LogP contribution in [0.4, 0.5) is 18.9 Å². The van der Waals surface area contributed by atoms with Gasteiger partial charge in [-0.05, 0) is 36.8 Å². The van der Waals surface area contributed by atoms with E-state index in [4.69, 9.17) is 14.6 Å². The van der Waals surface area contributed by atoms with E-state index in [9.17, 15) is 22.8 Å². The van der Waals surface area contributed by atoms with E-state index in [1.807, 2.05) is 0 Å². The Labute approximate surface area is 157 Å². The number of carboxylic acid groups (broad SMARTS) is 1. The number of hydrogen-bond acceptors (Lipinski definition) is 4. The molecule has 1 heterocycles. The minimum Gasteiger partial charge on any atom is -0.497 e. The molecule has 0 unspecified atom stereocenters. The molecule has 0 spiro atoms. The normalized spacial score (nSPS) is 18.7. The molecule has 1 aliphatic heterocycles. The summed E-state index contributed by atoms with van der Waals surface area (Å²) in [6, 6.07) is 8.16. The number of fused-ring (bicyclic) bond motifs is 1. The van der Waals surface area contributed by atoms with Crippen LogP contribution in [0.15, 0.2) is 36.4 Å². The Morgan fingerprint density at radius 3 is 2.43 bits per heavy atom. The van der Waals surface area contributed by atoms with E-state index in [1.165, 1.54) is 14.0 Å². The average molecular weight is 395 g/mol. The van der Waals surface area contributed by atoms with Gasteiger partial charge in [0.1, 0.15) is 11.5 Å². The van der Waals surface area contributed by atoms with Gasteiger partial charge in [-0.3, -0.25) is 4.79 Å². The molecule has 0 saturated carbocycles. The van der Waals surface area contributed by atoms with Crippen molar-refractivity contribution in [1.82, 2.24) is 0 Å². The number of anilines is 1. The van der Waals surface area contributed by atoms with Crippen molar-refractivity contribution in [2.24, 2.45) is 0 Å². The molecule has 0 aliphatic carbocycles. The summed E-state index contributed by atoms with van der Waals surface area (Å²) in [5, 5.41) is 11.5. The van der Waals surface area contributed by atoms with Gasteiger partial charge in [0.05, 0.1) is 23.9 Å². The number of alkyl halides is 3. The SMILES string of the molecule is COc1ccc(C[C@]2(C)Oc3cc(C(F)(F)F)c(C(=O)O)cc3NC2=O)cc1. The topological polar surface area (TPSA) is 84.9 Å². The summed E-state index contributed by atoms with van der Waals surface area (Å²) in [5.74, 6) is -1.97. The Morgan fingerprint density at radius 2 is 1.89 bits per heavy atom. The number of benzene rings is 2. The van der Waals surface area contributed by atoms with Gasteiger partial charge in [-0.25, -0.2) is 4.79 Å². The zero-order valence-electron chi connectivity index (χ0n) is 14.9. The number of methoxy groups -OCH3 is 1. The predicted molar refractivity (Wildman–Crippen MR) is 92.8 cm³/mol. The number of amides is 1. The fourth-order valence-electron chi connectivity index (χ4n) is 2.97. The molecule has 1 amide bonds. The van der Waals surface area contributed by atoms with Crippen LogP contribution in [0.2, 0.25) is 0 Å². The highest BCUT2D eigenvalue weighted by molar-refractivity contribution is 6.02. The highest BCUT2D eigenvalue weighted by atomic mass is 19.4. The molecule has 2 N–H and O–H groups in total. The zero-order chi connectivity index (χ0) is 20.7. The molecule has 0 saturated heterocycles. The molecule has 1 atom stereocenters. The summed E-state index contributed by atoms with van der Waals surface area (Å²) < 4.78 is 50.4. The Kier molecular flexibility index (Phi) is 4.70. The van der Waals surface area contributed by atoms with Crippen molar-refractivity contribution < 1.29 is 37.3 Å². The molecule has 0 bridgehead atoms. The monoisotopic (exact) mass is 395 g/mol. The standard InChI is InChI=1S/C19H16F3NO5/c1-18(9-10-3-5-11(27-2)6-4-10)17(26)23-14-7-12(16(24)25)13(19(20,21)22)8-15(14)28-18/h3-8H,9H2,1-2H3,(H,23,26)(H,24,25)/t18-/m0/s1. The van der Waals surface area contributed by atoms with Crippen LogP contribution in [0.5, 0.6) is 11.5 Å². The van der Waals surface area contributed by atoms with Crippen LogP contribution in [0.25, 0.3) is 0 Å². The van der Waals surface area contributed by atoms with E-state index < -0.39 is 34.8 Å². The highest BCUT2D eigenvalue weighted by Gasteiger charge is 2.43. The van der Waals surface area contributed by atoms with E-state index in [1.54, 1.807) is 24.3 Å². The molecular weight excluding hydrogens is 379 g/mol. The number of rotatable bonds is 4. The van der Waals surface area contributed by atoms with Gasteiger partial charge in [-0.15, -0.1) is 0 Å². The maximum absolute atomic E-state index is 13.2. The van der Waals surface area contributed by atoms with E-state index in [0.717, 1.165) is 6.07 Å². The van der Waals surface area contributed by atoms with E-state index in [2.05, 4.69) is 5.32 Å². The van der Waals surface area contributed by atoms with Crippen LogP contribution in [0.3, 0.4) is 0 Å². The van der Waals surface area contributed by atoms with Gasteiger partial charge in [0.2, 0.25) is 0 Å². The van der Waals surface area contributed by atoms with Crippen LogP contribution >= 0.6 is 0 Å². The molecule has 0 fully saturated rings. The second-order valence-electron chi connectivity index (χ2n) is 6.51. The molecule has 0 aromatic heterocycles. The smallest absolute Gasteiger partial charge is 0.417 e.